The maximum Gasteiger partial charge on any atom is 0.108 e. The molecule has 0 heterocycles. The number of rotatable bonds is 1. The second-order valence-electron chi connectivity index (χ2n) is 6.38. The van der Waals surface area contributed by atoms with E-state index in [1.165, 1.54) is 32.3 Å². The van der Waals surface area contributed by atoms with Gasteiger partial charge in [0.2, 0.25) is 0 Å². The van der Waals surface area contributed by atoms with Gasteiger partial charge in [-0.3, -0.25) is 0 Å². The van der Waals surface area contributed by atoms with E-state index in [1.54, 1.807) is 0 Å². The molecule has 0 saturated heterocycles. The zero-order valence-electron chi connectivity index (χ0n) is 13.1. The Hall–Kier alpha value is -2.90. The van der Waals surface area contributed by atoms with Gasteiger partial charge in [-0.05, 0) is 85.1 Å². The van der Waals surface area contributed by atoms with Crippen molar-refractivity contribution >= 4 is 43.1 Å². The van der Waals surface area contributed by atoms with Crippen LogP contribution in [0.4, 0.5) is 0 Å². The van der Waals surface area contributed by atoms with Crippen LogP contribution in [0.15, 0.2) is 78.9 Å². The highest BCUT2D eigenvalue weighted by Crippen LogP contribution is 2.31. The van der Waals surface area contributed by atoms with Gasteiger partial charge >= 0.3 is 0 Å². The normalized spacial score (nSPS) is 11.7. The van der Waals surface area contributed by atoms with E-state index in [0.29, 0.717) is 0 Å². The summed E-state index contributed by atoms with van der Waals surface area (Å²) in [6, 6.07) is 27.8. The fraction of sp³-hybridized carbons (Fsp3) is 0.0435. The maximum absolute atomic E-state index is 11.4. The summed E-state index contributed by atoms with van der Waals surface area (Å²) >= 11 is 0. The average Bonchev–Trinajstić information content (AvgIpc) is 2.62. The number of hydrogen-bond donors (Lipinski definition) is 0. The van der Waals surface area contributed by atoms with Crippen molar-refractivity contribution in [3.05, 3.63) is 84.4 Å². The molecule has 0 amide bonds. The van der Waals surface area contributed by atoms with Crippen LogP contribution in [0, 0.1) is 0 Å². The van der Waals surface area contributed by atoms with Crippen molar-refractivity contribution in [2.45, 2.75) is 6.61 Å². The molecule has 0 unspecified atom stereocenters. The molecule has 113 valence electrons. The summed E-state index contributed by atoms with van der Waals surface area (Å²) in [4.78, 5) is 0. The van der Waals surface area contributed by atoms with Crippen LogP contribution in [0.5, 0.6) is 0 Å². The minimum absolute atomic E-state index is 0.179. The molecule has 0 aliphatic heterocycles. The first-order chi connectivity index (χ1) is 11.8. The molecule has 1 heteroatoms. The quantitative estimate of drug-likeness (QED) is 0.327. The fourth-order valence-electron chi connectivity index (χ4n) is 3.66. The Morgan fingerprint density at radius 1 is 0.500 bits per heavy atom. The Morgan fingerprint density at radius 3 is 1.62 bits per heavy atom. The van der Waals surface area contributed by atoms with E-state index in [0.717, 1.165) is 16.3 Å². The van der Waals surface area contributed by atoms with Crippen LogP contribution < -0.4 is 0 Å². The molecule has 0 aliphatic rings. The second kappa shape index (κ2) is 5.05. The van der Waals surface area contributed by atoms with Crippen molar-refractivity contribution in [2.75, 3.05) is 0 Å². The van der Waals surface area contributed by atoms with Crippen LogP contribution in [-0.2, 0) is 11.7 Å². The predicted octanol–water partition coefficient (Wildman–Crippen LogP) is 6.23. The lowest BCUT2D eigenvalue weighted by Crippen LogP contribution is -1.85. The van der Waals surface area contributed by atoms with E-state index in [1.807, 2.05) is 12.1 Å². The Morgan fingerprint density at radius 2 is 1.00 bits per heavy atom. The van der Waals surface area contributed by atoms with Gasteiger partial charge in [0.1, 0.15) is 6.61 Å². The second-order valence-corrected chi connectivity index (χ2v) is 6.38. The van der Waals surface area contributed by atoms with Gasteiger partial charge in [0.05, 0.1) is 0 Å². The molecule has 5 aromatic rings. The SMILES string of the molecule is [O]Cc1cccc2cc3cc4cc5ccccc5cc4cc3cc12. The molecule has 0 aliphatic carbocycles. The van der Waals surface area contributed by atoms with Crippen LogP contribution in [-0.4, -0.2) is 0 Å². The monoisotopic (exact) mass is 307 g/mol. The van der Waals surface area contributed by atoms with Gasteiger partial charge in [0.15, 0.2) is 0 Å². The van der Waals surface area contributed by atoms with E-state index < -0.39 is 0 Å². The van der Waals surface area contributed by atoms with Crippen molar-refractivity contribution in [1.82, 2.24) is 0 Å². The lowest BCUT2D eigenvalue weighted by Gasteiger charge is -2.08. The highest BCUT2D eigenvalue weighted by Gasteiger charge is 2.05. The topological polar surface area (TPSA) is 19.9 Å². The number of benzene rings is 5. The summed E-state index contributed by atoms with van der Waals surface area (Å²) in [6.07, 6.45) is 0. The minimum atomic E-state index is -0.179. The Kier molecular flexibility index (Phi) is 2.85. The van der Waals surface area contributed by atoms with Gasteiger partial charge in [-0.1, -0.05) is 42.5 Å². The Labute approximate surface area is 139 Å². The summed E-state index contributed by atoms with van der Waals surface area (Å²) in [5.74, 6) is 0. The third-order valence-electron chi connectivity index (χ3n) is 4.90. The standard InChI is InChI=1S/C23H15O/c24-14-18-7-3-6-17-10-21-11-19-8-15-4-1-2-5-16(15)9-20(19)12-22(21)13-23(17)18/h1-13H,14H2. The molecule has 5 aromatic carbocycles. The van der Waals surface area contributed by atoms with Crippen LogP contribution >= 0.6 is 0 Å². The Bertz CT molecular complexity index is 1230. The molecule has 0 N–H and O–H groups in total. The molecule has 0 fully saturated rings. The molecule has 5 rings (SSSR count). The minimum Gasteiger partial charge on any atom is -0.232 e. The number of fused-ring (bicyclic) bond motifs is 4. The van der Waals surface area contributed by atoms with Gasteiger partial charge in [-0.15, -0.1) is 0 Å². The van der Waals surface area contributed by atoms with E-state index in [4.69, 9.17) is 0 Å². The van der Waals surface area contributed by atoms with Crippen LogP contribution in [0.2, 0.25) is 0 Å². The summed E-state index contributed by atoms with van der Waals surface area (Å²) in [5.41, 5.74) is 0.869. The fourth-order valence-corrected chi connectivity index (χ4v) is 3.66. The van der Waals surface area contributed by atoms with Crippen LogP contribution in [0.25, 0.3) is 43.1 Å². The molecule has 0 bridgehead atoms. The highest BCUT2D eigenvalue weighted by molar-refractivity contribution is 6.08. The molecule has 0 spiro atoms. The first-order valence-corrected chi connectivity index (χ1v) is 8.18. The summed E-state index contributed by atoms with van der Waals surface area (Å²) in [6.45, 7) is -0.179. The van der Waals surface area contributed by atoms with Crippen molar-refractivity contribution in [3.63, 3.8) is 0 Å². The lowest BCUT2D eigenvalue weighted by molar-refractivity contribution is 0.179. The van der Waals surface area contributed by atoms with E-state index in [9.17, 15) is 5.11 Å². The largest absolute Gasteiger partial charge is 0.232 e. The van der Waals surface area contributed by atoms with E-state index in [2.05, 4.69) is 66.7 Å². The van der Waals surface area contributed by atoms with Gasteiger partial charge in [0, 0.05) is 0 Å². The van der Waals surface area contributed by atoms with Gasteiger partial charge in [-0.25, -0.2) is 5.11 Å². The van der Waals surface area contributed by atoms with Crippen molar-refractivity contribution in [3.8, 4) is 0 Å². The zero-order chi connectivity index (χ0) is 16.1. The average molecular weight is 307 g/mol. The van der Waals surface area contributed by atoms with Crippen molar-refractivity contribution < 1.29 is 5.11 Å². The predicted molar refractivity (Wildman–Crippen MR) is 101 cm³/mol. The third-order valence-corrected chi connectivity index (χ3v) is 4.90. The molecule has 0 aromatic heterocycles. The van der Waals surface area contributed by atoms with Crippen LogP contribution in [0.3, 0.4) is 0 Å². The molecule has 1 nitrogen and oxygen atoms in total. The third kappa shape index (κ3) is 1.99. The smallest absolute Gasteiger partial charge is 0.108 e. The van der Waals surface area contributed by atoms with Crippen molar-refractivity contribution in [2.24, 2.45) is 0 Å². The van der Waals surface area contributed by atoms with E-state index in [-0.39, 0.29) is 6.61 Å². The number of hydrogen-bond acceptors (Lipinski definition) is 0. The van der Waals surface area contributed by atoms with Crippen LogP contribution in [0.1, 0.15) is 5.56 Å². The first kappa shape index (κ1) is 13.5. The first-order valence-electron chi connectivity index (χ1n) is 8.18. The van der Waals surface area contributed by atoms with E-state index >= 15 is 0 Å². The molecular weight excluding hydrogens is 292 g/mol. The summed E-state index contributed by atoms with van der Waals surface area (Å²) < 4.78 is 0. The van der Waals surface area contributed by atoms with Gasteiger partial charge in [0.25, 0.3) is 0 Å². The molecule has 0 atom stereocenters. The highest BCUT2D eigenvalue weighted by atomic mass is 16.3. The molecule has 24 heavy (non-hydrogen) atoms. The van der Waals surface area contributed by atoms with Crippen molar-refractivity contribution in [1.29, 1.82) is 0 Å². The molecule has 1 radical (unpaired) electrons. The Balaban J connectivity index is 1.90. The summed E-state index contributed by atoms with van der Waals surface area (Å²) in [7, 11) is 0. The molecule has 0 saturated carbocycles. The van der Waals surface area contributed by atoms with Gasteiger partial charge in [-0.2, -0.15) is 0 Å². The molecular formula is C23H15O. The van der Waals surface area contributed by atoms with Gasteiger partial charge < -0.3 is 0 Å². The lowest BCUT2D eigenvalue weighted by atomic mass is 9.96. The zero-order valence-corrected chi connectivity index (χ0v) is 13.1. The summed E-state index contributed by atoms with van der Waals surface area (Å²) in [5, 5.41) is 21.1. The maximum atomic E-state index is 11.4.